The molecule has 0 amide bonds. The third-order valence-corrected chi connectivity index (χ3v) is 3.25. The van der Waals surface area contributed by atoms with Crippen molar-refractivity contribution in [3.8, 4) is 5.75 Å². The van der Waals surface area contributed by atoms with Gasteiger partial charge in [0, 0.05) is 12.1 Å². The van der Waals surface area contributed by atoms with E-state index in [0.717, 1.165) is 36.4 Å². The normalized spacial score (nSPS) is 10.6. The summed E-state index contributed by atoms with van der Waals surface area (Å²) in [6.45, 7) is 6.10. The Balaban J connectivity index is 2.00. The monoisotopic (exact) mass is 287 g/mol. The Kier molecular flexibility index (Phi) is 5.76. The van der Waals surface area contributed by atoms with Crippen LogP contribution in [-0.4, -0.2) is 6.54 Å². The van der Waals surface area contributed by atoms with Gasteiger partial charge in [-0.3, -0.25) is 0 Å². The van der Waals surface area contributed by atoms with Gasteiger partial charge in [-0.25, -0.2) is 4.39 Å². The molecule has 112 valence electrons. The fourth-order valence-corrected chi connectivity index (χ4v) is 2.12. The van der Waals surface area contributed by atoms with Crippen LogP contribution in [-0.2, 0) is 13.2 Å². The summed E-state index contributed by atoms with van der Waals surface area (Å²) in [6, 6.07) is 13.0. The Bertz CT molecular complexity index is 583. The third-order valence-electron chi connectivity index (χ3n) is 3.25. The van der Waals surface area contributed by atoms with Crippen molar-refractivity contribution in [3.05, 3.63) is 65.0 Å². The minimum atomic E-state index is -0.220. The summed E-state index contributed by atoms with van der Waals surface area (Å²) in [5.74, 6) is 0.547. The van der Waals surface area contributed by atoms with Crippen molar-refractivity contribution < 1.29 is 9.13 Å². The Morgan fingerprint density at radius 1 is 1.14 bits per heavy atom. The van der Waals surface area contributed by atoms with Crippen molar-refractivity contribution in [1.29, 1.82) is 0 Å². The largest absolute Gasteiger partial charge is 0.489 e. The van der Waals surface area contributed by atoms with E-state index >= 15 is 0 Å². The smallest absolute Gasteiger partial charge is 0.129 e. The molecule has 0 heterocycles. The first-order chi connectivity index (χ1) is 10.2. The molecule has 0 aliphatic rings. The lowest BCUT2D eigenvalue weighted by atomic mass is 10.1. The van der Waals surface area contributed by atoms with Crippen LogP contribution >= 0.6 is 0 Å². The van der Waals surface area contributed by atoms with Gasteiger partial charge >= 0.3 is 0 Å². The van der Waals surface area contributed by atoms with Gasteiger partial charge in [0.2, 0.25) is 0 Å². The quantitative estimate of drug-likeness (QED) is 0.770. The zero-order chi connectivity index (χ0) is 15.1. The highest BCUT2D eigenvalue weighted by atomic mass is 19.1. The van der Waals surface area contributed by atoms with Crippen LogP contribution in [0.1, 0.15) is 30.0 Å². The van der Waals surface area contributed by atoms with Crippen molar-refractivity contribution >= 4 is 0 Å². The molecule has 0 aliphatic carbocycles. The van der Waals surface area contributed by atoms with Gasteiger partial charge in [-0.1, -0.05) is 25.1 Å². The van der Waals surface area contributed by atoms with Gasteiger partial charge < -0.3 is 10.1 Å². The lowest BCUT2D eigenvalue weighted by Gasteiger charge is -2.10. The molecule has 0 bridgehead atoms. The van der Waals surface area contributed by atoms with E-state index in [9.17, 15) is 4.39 Å². The standard InChI is InChI=1S/C18H22FNO/c1-3-9-20-12-15-7-8-18(19)16(11-15)13-21-17-6-4-5-14(2)10-17/h4-8,10-11,20H,3,9,12-13H2,1-2H3. The van der Waals surface area contributed by atoms with Crippen molar-refractivity contribution in [2.75, 3.05) is 6.54 Å². The van der Waals surface area contributed by atoms with E-state index in [2.05, 4.69) is 12.2 Å². The van der Waals surface area contributed by atoms with E-state index in [4.69, 9.17) is 4.74 Å². The molecule has 1 N–H and O–H groups in total. The lowest BCUT2D eigenvalue weighted by Crippen LogP contribution is -2.14. The zero-order valence-electron chi connectivity index (χ0n) is 12.7. The van der Waals surface area contributed by atoms with E-state index in [1.807, 2.05) is 43.3 Å². The molecule has 0 saturated heterocycles. The molecule has 0 radical (unpaired) electrons. The van der Waals surface area contributed by atoms with Crippen LogP contribution < -0.4 is 10.1 Å². The number of benzene rings is 2. The van der Waals surface area contributed by atoms with Crippen LogP contribution in [0.5, 0.6) is 5.75 Å². The van der Waals surface area contributed by atoms with E-state index in [1.165, 1.54) is 6.07 Å². The van der Waals surface area contributed by atoms with Gasteiger partial charge in [0.05, 0.1) is 0 Å². The summed E-state index contributed by atoms with van der Waals surface area (Å²) in [5.41, 5.74) is 2.80. The van der Waals surface area contributed by atoms with Crippen molar-refractivity contribution in [2.45, 2.75) is 33.4 Å². The Morgan fingerprint density at radius 3 is 2.76 bits per heavy atom. The van der Waals surface area contributed by atoms with Crippen molar-refractivity contribution in [3.63, 3.8) is 0 Å². The van der Waals surface area contributed by atoms with Gasteiger partial charge in [-0.15, -0.1) is 0 Å². The van der Waals surface area contributed by atoms with Gasteiger partial charge in [-0.05, 0) is 55.3 Å². The average molecular weight is 287 g/mol. The minimum Gasteiger partial charge on any atom is -0.489 e. The predicted molar refractivity (Wildman–Crippen MR) is 83.9 cm³/mol. The first-order valence-corrected chi connectivity index (χ1v) is 7.36. The van der Waals surface area contributed by atoms with Crippen LogP contribution in [0.15, 0.2) is 42.5 Å². The highest BCUT2D eigenvalue weighted by Gasteiger charge is 2.05. The molecule has 0 aromatic heterocycles. The summed E-state index contributed by atoms with van der Waals surface area (Å²) in [6.07, 6.45) is 1.09. The summed E-state index contributed by atoms with van der Waals surface area (Å²) < 4.78 is 19.5. The lowest BCUT2D eigenvalue weighted by molar-refractivity contribution is 0.299. The number of aryl methyl sites for hydroxylation is 1. The maximum Gasteiger partial charge on any atom is 0.129 e. The van der Waals surface area contributed by atoms with Gasteiger partial charge in [0.25, 0.3) is 0 Å². The number of nitrogens with one attached hydrogen (secondary N) is 1. The Hall–Kier alpha value is -1.87. The highest BCUT2D eigenvalue weighted by Crippen LogP contribution is 2.17. The second-order valence-corrected chi connectivity index (χ2v) is 5.21. The maximum atomic E-state index is 13.8. The summed E-state index contributed by atoms with van der Waals surface area (Å²) in [5, 5.41) is 3.32. The average Bonchev–Trinajstić information content (AvgIpc) is 2.48. The summed E-state index contributed by atoms with van der Waals surface area (Å²) in [4.78, 5) is 0. The molecular weight excluding hydrogens is 265 g/mol. The molecule has 2 nitrogen and oxygen atoms in total. The molecule has 0 aliphatic heterocycles. The second-order valence-electron chi connectivity index (χ2n) is 5.21. The second kappa shape index (κ2) is 7.79. The zero-order valence-corrected chi connectivity index (χ0v) is 12.7. The topological polar surface area (TPSA) is 21.3 Å². The number of hydrogen-bond acceptors (Lipinski definition) is 2. The molecule has 0 spiro atoms. The number of halogens is 1. The van der Waals surface area contributed by atoms with Crippen molar-refractivity contribution in [1.82, 2.24) is 5.32 Å². The molecule has 0 atom stereocenters. The fourth-order valence-electron chi connectivity index (χ4n) is 2.12. The fraction of sp³-hybridized carbons (Fsp3) is 0.333. The Labute approximate surface area is 126 Å². The van der Waals surface area contributed by atoms with E-state index in [0.29, 0.717) is 5.56 Å². The predicted octanol–water partition coefficient (Wildman–Crippen LogP) is 4.21. The molecule has 0 unspecified atom stereocenters. The van der Waals surface area contributed by atoms with Crippen LogP contribution in [0.2, 0.25) is 0 Å². The summed E-state index contributed by atoms with van der Waals surface area (Å²) >= 11 is 0. The van der Waals surface area contributed by atoms with Crippen LogP contribution in [0.25, 0.3) is 0 Å². The van der Waals surface area contributed by atoms with E-state index in [-0.39, 0.29) is 12.4 Å². The number of hydrogen-bond donors (Lipinski definition) is 1. The first-order valence-electron chi connectivity index (χ1n) is 7.36. The van der Waals surface area contributed by atoms with E-state index < -0.39 is 0 Å². The van der Waals surface area contributed by atoms with Crippen LogP contribution in [0.3, 0.4) is 0 Å². The first kappa shape index (κ1) is 15.5. The maximum absolute atomic E-state index is 13.8. The molecular formula is C18H22FNO. The minimum absolute atomic E-state index is 0.220. The van der Waals surface area contributed by atoms with Crippen LogP contribution in [0, 0.1) is 12.7 Å². The van der Waals surface area contributed by atoms with E-state index in [1.54, 1.807) is 0 Å². The van der Waals surface area contributed by atoms with Crippen LogP contribution in [0.4, 0.5) is 4.39 Å². The molecule has 0 saturated carbocycles. The number of ether oxygens (including phenoxy) is 1. The number of rotatable bonds is 7. The highest BCUT2D eigenvalue weighted by molar-refractivity contribution is 5.29. The summed E-state index contributed by atoms with van der Waals surface area (Å²) in [7, 11) is 0. The molecule has 2 rings (SSSR count). The van der Waals surface area contributed by atoms with Gasteiger partial charge in [0.1, 0.15) is 18.2 Å². The van der Waals surface area contributed by atoms with Crippen molar-refractivity contribution in [2.24, 2.45) is 0 Å². The molecule has 0 fully saturated rings. The van der Waals surface area contributed by atoms with Gasteiger partial charge in [0.15, 0.2) is 0 Å². The molecule has 2 aromatic rings. The van der Waals surface area contributed by atoms with Gasteiger partial charge in [-0.2, -0.15) is 0 Å². The SMILES string of the molecule is CCCNCc1ccc(F)c(COc2cccc(C)c2)c1. The molecule has 3 heteroatoms. The molecule has 2 aromatic carbocycles. The Morgan fingerprint density at radius 2 is 2.00 bits per heavy atom. The third kappa shape index (κ3) is 4.87. The molecule has 21 heavy (non-hydrogen) atoms.